The summed E-state index contributed by atoms with van der Waals surface area (Å²) in [6.07, 6.45) is 4.22. The maximum Gasteiger partial charge on any atom is 0.407 e. The summed E-state index contributed by atoms with van der Waals surface area (Å²) in [7, 11) is 0. The molecule has 0 spiro atoms. The van der Waals surface area contributed by atoms with Crippen molar-refractivity contribution < 1.29 is 14.3 Å². The number of hydrogen-bond donors (Lipinski definition) is 1. The number of ether oxygens (including phenoxy) is 1. The second kappa shape index (κ2) is 25.1. The van der Waals surface area contributed by atoms with E-state index in [9.17, 15) is 4.79 Å². The summed E-state index contributed by atoms with van der Waals surface area (Å²) in [6, 6.07) is 9.67. The lowest BCUT2D eigenvalue weighted by atomic mass is 10.2. The highest BCUT2D eigenvalue weighted by Gasteiger charge is 2.00. The molecule has 0 fully saturated rings. The minimum absolute atomic E-state index is 0.333. The summed E-state index contributed by atoms with van der Waals surface area (Å²) in [5.74, 6) is 0. The lowest BCUT2D eigenvalue weighted by molar-refractivity contribution is -0.0980. The Labute approximate surface area is 142 Å². The van der Waals surface area contributed by atoms with E-state index in [4.69, 9.17) is 9.53 Å². The maximum atomic E-state index is 11.2. The van der Waals surface area contributed by atoms with Crippen LogP contribution in [0.5, 0.6) is 0 Å². The number of benzene rings is 1. The summed E-state index contributed by atoms with van der Waals surface area (Å²) >= 11 is 0. The van der Waals surface area contributed by atoms with Gasteiger partial charge in [-0.3, -0.25) is 0 Å². The lowest BCUT2D eigenvalue weighted by Gasteiger charge is -2.06. The smallest absolute Gasteiger partial charge is 0.407 e. The average molecular weight is 325 g/mol. The van der Waals surface area contributed by atoms with E-state index in [-0.39, 0.29) is 6.09 Å². The Morgan fingerprint density at radius 3 is 2.04 bits per heavy atom. The molecule has 0 bridgehead atoms. The normalized spacial score (nSPS) is 8.04. The molecule has 0 aliphatic heterocycles. The Kier molecular flexibility index (Phi) is 28.5. The molecule has 134 valence electrons. The molecule has 0 saturated carbocycles. The van der Waals surface area contributed by atoms with Gasteiger partial charge in [-0.15, -0.1) is 0 Å². The van der Waals surface area contributed by atoms with Crippen molar-refractivity contribution in [3.05, 3.63) is 35.9 Å². The lowest BCUT2D eigenvalue weighted by Crippen LogP contribution is -2.25. The van der Waals surface area contributed by atoms with E-state index in [2.05, 4.69) is 26.1 Å². The van der Waals surface area contributed by atoms with Gasteiger partial charge in [-0.2, -0.15) is 0 Å². The van der Waals surface area contributed by atoms with E-state index in [1.54, 1.807) is 0 Å². The molecule has 0 radical (unpaired) electrons. The number of hydrogen-bond acceptors (Lipinski definition) is 3. The number of carbonyl (C=O) groups excluding carboxylic acids is 2. The predicted octanol–water partition coefficient (Wildman–Crippen LogP) is 5.36. The molecule has 0 aliphatic rings. The number of unbranched alkanes of at least 4 members (excludes halogenated alkanes) is 2. The molecule has 0 unspecified atom stereocenters. The van der Waals surface area contributed by atoms with Gasteiger partial charge in [0.15, 0.2) is 0 Å². The van der Waals surface area contributed by atoms with Crippen LogP contribution in [0.2, 0.25) is 0 Å². The third kappa shape index (κ3) is 22.6. The number of alkyl carbamates (subject to hydrolysis) is 1. The third-order valence-electron chi connectivity index (χ3n) is 2.26. The highest BCUT2D eigenvalue weighted by molar-refractivity contribution is 5.67. The number of amides is 1. The van der Waals surface area contributed by atoms with Crippen molar-refractivity contribution in [3.8, 4) is 0 Å². The Hall–Kier alpha value is -1.84. The van der Waals surface area contributed by atoms with Gasteiger partial charge in [0, 0.05) is 6.54 Å². The second-order valence-corrected chi connectivity index (χ2v) is 4.40. The van der Waals surface area contributed by atoms with Crippen molar-refractivity contribution >= 4 is 12.9 Å². The highest BCUT2D eigenvalue weighted by Crippen LogP contribution is 2.00. The summed E-state index contributed by atoms with van der Waals surface area (Å²) < 4.78 is 5.06. The maximum absolute atomic E-state index is 11.2. The van der Waals surface area contributed by atoms with Gasteiger partial charge in [-0.1, -0.05) is 84.2 Å². The highest BCUT2D eigenvalue weighted by atomic mass is 16.5. The molecule has 0 saturated heterocycles. The molecule has 1 aromatic carbocycles. The summed E-state index contributed by atoms with van der Waals surface area (Å²) in [5.41, 5.74) is 1.01. The van der Waals surface area contributed by atoms with Crippen LogP contribution in [0.4, 0.5) is 4.79 Å². The molecule has 1 amide bonds. The molecule has 1 aromatic rings. The van der Waals surface area contributed by atoms with Crippen molar-refractivity contribution in [1.82, 2.24) is 5.32 Å². The molecule has 4 heteroatoms. The van der Waals surface area contributed by atoms with Crippen molar-refractivity contribution in [1.29, 1.82) is 0 Å². The first-order valence-corrected chi connectivity index (χ1v) is 8.47. The minimum Gasteiger partial charge on any atom is -0.445 e. The van der Waals surface area contributed by atoms with Crippen LogP contribution in [0, 0.1) is 0 Å². The number of carbonyl (C=O) groups is 2. The fraction of sp³-hybridized carbons (Fsp3) is 0.579. The fourth-order valence-electron chi connectivity index (χ4n) is 1.34. The molecule has 0 aromatic heterocycles. The average Bonchev–Trinajstić information content (AvgIpc) is 2.62. The van der Waals surface area contributed by atoms with Crippen LogP contribution in [-0.2, 0) is 16.1 Å². The Balaban J connectivity index is -0.000000496. The first-order chi connectivity index (χ1) is 11.2. The second-order valence-electron chi connectivity index (χ2n) is 4.40. The first kappa shape index (κ1) is 26.1. The van der Waals surface area contributed by atoms with Gasteiger partial charge in [0.05, 0.1) is 0 Å². The Morgan fingerprint density at radius 1 is 1.04 bits per heavy atom. The molecular formula is C19H35NO3. The van der Waals surface area contributed by atoms with E-state index in [0.717, 1.165) is 24.8 Å². The van der Waals surface area contributed by atoms with E-state index >= 15 is 0 Å². The molecular weight excluding hydrogens is 290 g/mol. The van der Waals surface area contributed by atoms with Crippen molar-refractivity contribution in [3.63, 3.8) is 0 Å². The summed E-state index contributed by atoms with van der Waals surface area (Å²) in [6.45, 7) is 13.4. The summed E-state index contributed by atoms with van der Waals surface area (Å²) in [4.78, 5) is 19.2. The molecule has 1 rings (SSSR count). The molecule has 0 heterocycles. The SMILES string of the molecule is C=O.CC.CCC.CCCCCNC(=O)OCc1ccccc1. The van der Waals surface area contributed by atoms with E-state index in [1.165, 1.54) is 6.42 Å². The van der Waals surface area contributed by atoms with Crippen LogP contribution in [0.25, 0.3) is 0 Å². The van der Waals surface area contributed by atoms with Crippen molar-refractivity contribution in [2.45, 2.75) is 66.9 Å². The predicted molar refractivity (Wildman–Crippen MR) is 98.6 cm³/mol. The van der Waals surface area contributed by atoms with Gasteiger partial charge < -0.3 is 14.8 Å². The quantitative estimate of drug-likeness (QED) is 0.716. The van der Waals surface area contributed by atoms with E-state index in [0.29, 0.717) is 13.2 Å². The third-order valence-corrected chi connectivity index (χ3v) is 2.26. The zero-order valence-electron chi connectivity index (χ0n) is 15.6. The standard InChI is InChI=1S/C13H19NO2.C3H8.C2H6.CH2O/c1-2-3-7-10-14-13(15)16-11-12-8-5-4-6-9-12;1-3-2;2*1-2/h4-6,8-9H,2-3,7,10-11H2,1H3,(H,14,15);3H2,1-2H3;1-2H3;1H2. The summed E-state index contributed by atoms with van der Waals surface area (Å²) in [5, 5.41) is 2.73. The van der Waals surface area contributed by atoms with Crippen molar-refractivity contribution in [2.75, 3.05) is 6.54 Å². The van der Waals surface area contributed by atoms with E-state index in [1.807, 2.05) is 51.0 Å². The van der Waals surface area contributed by atoms with Crippen LogP contribution < -0.4 is 5.32 Å². The zero-order chi connectivity index (χ0) is 18.3. The van der Waals surface area contributed by atoms with Crippen LogP contribution in [0.15, 0.2) is 30.3 Å². The van der Waals surface area contributed by atoms with Gasteiger partial charge in [0.2, 0.25) is 0 Å². The van der Waals surface area contributed by atoms with Crippen LogP contribution >= 0.6 is 0 Å². The van der Waals surface area contributed by atoms with Crippen molar-refractivity contribution in [2.24, 2.45) is 0 Å². The molecule has 1 N–H and O–H groups in total. The minimum atomic E-state index is -0.333. The van der Waals surface area contributed by atoms with Gasteiger partial charge in [0.1, 0.15) is 13.4 Å². The van der Waals surface area contributed by atoms with E-state index < -0.39 is 0 Å². The largest absolute Gasteiger partial charge is 0.445 e. The van der Waals surface area contributed by atoms with Crippen LogP contribution in [0.1, 0.15) is 65.9 Å². The van der Waals surface area contributed by atoms with Gasteiger partial charge in [-0.05, 0) is 12.0 Å². The fourth-order valence-corrected chi connectivity index (χ4v) is 1.34. The monoisotopic (exact) mass is 325 g/mol. The van der Waals surface area contributed by atoms with Gasteiger partial charge >= 0.3 is 6.09 Å². The molecule has 23 heavy (non-hydrogen) atoms. The topological polar surface area (TPSA) is 55.4 Å². The van der Waals surface area contributed by atoms with Crippen LogP contribution in [-0.4, -0.2) is 19.4 Å². The number of rotatable bonds is 6. The van der Waals surface area contributed by atoms with Gasteiger partial charge in [-0.25, -0.2) is 4.79 Å². The van der Waals surface area contributed by atoms with Gasteiger partial charge in [0.25, 0.3) is 0 Å². The molecule has 0 aliphatic carbocycles. The molecule has 0 atom stereocenters. The first-order valence-electron chi connectivity index (χ1n) is 8.47. The van der Waals surface area contributed by atoms with Crippen LogP contribution in [0.3, 0.4) is 0 Å². The zero-order valence-corrected chi connectivity index (χ0v) is 15.6. The number of nitrogens with one attached hydrogen (secondary N) is 1. The Morgan fingerprint density at radius 2 is 1.57 bits per heavy atom. The Bertz CT molecular complexity index is 329. The molecule has 4 nitrogen and oxygen atoms in total.